The van der Waals surface area contributed by atoms with Crippen LogP contribution >= 0.6 is 0 Å². The lowest BCUT2D eigenvalue weighted by atomic mass is 10.1. The van der Waals surface area contributed by atoms with E-state index in [1.54, 1.807) is 0 Å². The molecular formula is C10H20O20S6-4. The first kappa shape index (κ1) is 37.5. The van der Waals surface area contributed by atoms with Crippen molar-refractivity contribution in [2.45, 2.75) is 18.9 Å². The summed E-state index contributed by atoms with van der Waals surface area (Å²) in [5.41, 5.74) is 0. The molecule has 0 saturated carbocycles. The topological polar surface area (TPSA) is 345 Å². The lowest BCUT2D eigenvalue weighted by Gasteiger charge is -2.20. The van der Waals surface area contributed by atoms with Crippen molar-refractivity contribution in [3.8, 4) is 0 Å². The molecule has 0 radical (unpaired) electrons. The highest BCUT2D eigenvalue weighted by molar-refractivity contribution is 7.90. The number of sulfone groups is 1. The second-order valence-electron chi connectivity index (χ2n) is 6.60. The molecule has 0 aliphatic heterocycles. The van der Waals surface area contributed by atoms with Gasteiger partial charge in [0.2, 0.25) is 31.2 Å². The van der Waals surface area contributed by atoms with Gasteiger partial charge in [0.15, 0.2) is 0 Å². The van der Waals surface area contributed by atoms with Crippen molar-refractivity contribution in [1.82, 2.24) is 0 Å². The molecule has 0 saturated heterocycles. The van der Waals surface area contributed by atoms with E-state index >= 15 is 0 Å². The largest absolute Gasteiger partial charge is 0.748 e. The van der Waals surface area contributed by atoms with E-state index in [4.69, 9.17) is 4.55 Å². The summed E-state index contributed by atoms with van der Waals surface area (Å²) in [6.07, 6.45) is -1.59. The molecule has 0 aromatic carbocycles. The van der Waals surface area contributed by atoms with Gasteiger partial charge in [-0.05, 0) is 18.8 Å². The number of hydrogen-bond donors (Lipinski definition) is 1. The average molecular weight is 653 g/mol. The van der Waals surface area contributed by atoms with Gasteiger partial charge in [0.05, 0.1) is 34.8 Å². The molecule has 0 spiro atoms. The Labute approximate surface area is 208 Å². The van der Waals surface area contributed by atoms with Gasteiger partial charge < -0.3 is 18.2 Å². The minimum Gasteiger partial charge on any atom is -0.748 e. The van der Waals surface area contributed by atoms with Gasteiger partial charge in [0.1, 0.15) is 15.9 Å². The van der Waals surface area contributed by atoms with Crippen molar-refractivity contribution in [2.75, 3.05) is 36.7 Å². The molecule has 0 aromatic heterocycles. The summed E-state index contributed by atoms with van der Waals surface area (Å²) in [4.78, 5) is 0. The summed E-state index contributed by atoms with van der Waals surface area (Å²) >= 11 is 0. The Morgan fingerprint density at radius 3 is 1.33 bits per heavy atom. The van der Waals surface area contributed by atoms with Gasteiger partial charge in [-0.15, -0.1) is 0 Å². The highest BCUT2D eigenvalue weighted by atomic mass is 32.3. The standard InChI is InChI=1S/C7H16O8S3.C3H8O12S3/c1-16(8,9)4-2-7(6-18(13,14)15)3-5-17(10,11)12;4-16(5,6)13-1-3(15-18(10,11)12)2-14-17(7,8)9/h7H,2-6H2,1H3,(H,10,11,12)(H,13,14,15);3H,1-2H2,(H,4,5,6)(H,7,8,9)(H,10,11,12)/p-4. The summed E-state index contributed by atoms with van der Waals surface area (Å²) in [6.45, 7) is -2.66. The van der Waals surface area contributed by atoms with Crippen LogP contribution < -0.4 is 0 Å². The van der Waals surface area contributed by atoms with Crippen LogP contribution in [0.1, 0.15) is 12.8 Å². The Kier molecular flexibility index (Phi) is 15.1. The first-order chi connectivity index (χ1) is 15.6. The predicted molar refractivity (Wildman–Crippen MR) is 109 cm³/mol. The van der Waals surface area contributed by atoms with Crippen molar-refractivity contribution in [3.63, 3.8) is 0 Å². The molecular weight excluding hydrogens is 632 g/mol. The lowest BCUT2D eigenvalue weighted by molar-refractivity contribution is 0.0687. The maximum Gasteiger partial charge on any atom is 0.265 e. The fraction of sp³-hybridized carbons (Fsp3) is 1.00. The van der Waals surface area contributed by atoms with Gasteiger partial charge in [-0.3, -0.25) is 17.1 Å². The maximum absolute atomic E-state index is 10.9. The van der Waals surface area contributed by atoms with Crippen LogP contribution in [-0.4, -0.2) is 116 Å². The van der Waals surface area contributed by atoms with E-state index < -0.39 is 98.0 Å². The highest BCUT2D eigenvalue weighted by Gasteiger charge is 2.20. The summed E-state index contributed by atoms with van der Waals surface area (Å²) in [5.74, 6) is -2.79. The first-order valence-electron chi connectivity index (χ1n) is 8.48. The van der Waals surface area contributed by atoms with Crippen LogP contribution in [0.5, 0.6) is 0 Å². The fourth-order valence-electron chi connectivity index (χ4n) is 1.89. The molecule has 0 aliphatic rings. The zero-order chi connectivity index (χ0) is 29.2. The second kappa shape index (κ2) is 14.5. The monoisotopic (exact) mass is 652 g/mol. The zero-order valence-corrected chi connectivity index (χ0v) is 22.7. The van der Waals surface area contributed by atoms with Gasteiger partial charge in [0.25, 0.3) is 10.1 Å². The third-order valence-electron chi connectivity index (χ3n) is 3.17. The van der Waals surface area contributed by atoms with Crippen LogP contribution in [0.2, 0.25) is 0 Å². The molecule has 1 unspecified atom stereocenters. The van der Waals surface area contributed by atoms with Crippen LogP contribution in [0.3, 0.4) is 0 Å². The molecule has 26 heteroatoms. The third kappa shape index (κ3) is 31.4. The summed E-state index contributed by atoms with van der Waals surface area (Å²) < 4.78 is 184. The van der Waals surface area contributed by atoms with Gasteiger partial charge in [0, 0.05) is 12.0 Å². The Morgan fingerprint density at radius 1 is 0.667 bits per heavy atom. The van der Waals surface area contributed by atoms with Crippen LogP contribution in [0.25, 0.3) is 0 Å². The Morgan fingerprint density at radius 2 is 1.06 bits per heavy atom. The first-order valence-corrected chi connectivity index (χ1v) is 17.7. The number of rotatable bonds is 16. The van der Waals surface area contributed by atoms with Crippen molar-refractivity contribution in [1.29, 1.82) is 0 Å². The van der Waals surface area contributed by atoms with Crippen LogP contribution in [-0.2, 0) is 73.8 Å². The Bertz CT molecular complexity index is 1140. The minimum atomic E-state index is -5.36. The fourth-order valence-corrected chi connectivity index (χ4v) is 5.28. The van der Waals surface area contributed by atoms with Gasteiger partial charge in [-0.2, -0.15) is 8.42 Å². The molecule has 0 amide bonds. The van der Waals surface area contributed by atoms with Gasteiger partial charge in [-0.1, -0.05) is 0 Å². The second-order valence-corrected chi connectivity index (χ2v) is 15.0. The zero-order valence-electron chi connectivity index (χ0n) is 17.8. The SMILES string of the molecule is CS(=O)(=O)CCC(CCS(=O)(=O)[O-])CS(=O)(=O)O.O=S(=O)([O-])OCC(COS(=O)(=O)[O-])OS(=O)(=O)[O-]. The van der Waals surface area contributed by atoms with Crippen LogP contribution in [0, 0.1) is 5.92 Å². The molecule has 20 nitrogen and oxygen atoms in total. The molecule has 0 rings (SSSR count). The van der Waals surface area contributed by atoms with E-state index in [0.29, 0.717) is 0 Å². The lowest BCUT2D eigenvalue weighted by Crippen LogP contribution is -2.30. The smallest absolute Gasteiger partial charge is 0.265 e. The molecule has 1 atom stereocenters. The van der Waals surface area contributed by atoms with Gasteiger partial charge in [-0.25, -0.2) is 42.1 Å². The number of hydrogen-bond acceptors (Lipinski definition) is 19. The molecule has 0 heterocycles. The quantitative estimate of drug-likeness (QED) is 0.121. The summed E-state index contributed by atoms with van der Waals surface area (Å²) in [6, 6.07) is 0. The normalized spacial score (nSPS) is 14.8. The van der Waals surface area contributed by atoms with E-state index in [2.05, 4.69) is 12.5 Å². The third-order valence-corrected chi connectivity index (χ3v) is 7.13. The molecule has 36 heavy (non-hydrogen) atoms. The maximum atomic E-state index is 10.9. The summed E-state index contributed by atoms with van der Waals surface area (Å²) in [7, 11) is -28.0. The molecule has 1 N–H and O–H groups in total. The van der Waals surface area contributed by atoms with Crippen LogP contribution in [0.15, 0.2) is 0 Å². The van der Waals surface area contributed by atoms with E-state index in [0.717, 1.165) is 6.26 Å². The van der Waals surface area contributed by atoms with E-state index in [1.165, 1.54) is 0 Å². The molecule has 0 aliphatic carbocycles. The minimum absolute atomic E-state index is 0.131. The Balaban J connectivity index is 0. The van der Waals surface area contributed by atoms with Crippen molar-refractivity contribution < 1.29 is 85.8 Å². The average Bonchev–Trinajstić information content (AvgIpc) is 2.55. The molecule has 0 fully saturated rings. The van der Waals surface area contributed by atoms with Crippen molar-refractivity contribution in [3.05, 3.63) is 0 Å². The van der Waals surface area contributed by atoms with E-state index in [9.17, 15) is 68.7 Å². The molecule has 220 valence electrons. The van der Waals surface area contributed by atoms with E-state index in [1.807, 2.05) is 0 Å². The van der Waals surface area contributed by atoms with Gasteiger partial charge >= 0.3 is 0 Å². The van der Waals surface area contributed by atoms with Crippen molar-refractivity contribution in [2.24, 2.45) is 5.92 Å². The predicted octanol–water partition coefficient (Wildman–Crippen LogP) is -4.35. The van der Waals surface area contributed by atoms with Crippen LogP contribution in [0.4, 0.5) is 0 Å². The highest BCUT2D eigenvalue weighted by Crippen LogP contribution is 2.14. The van der Waals surface area contributed by atoms with Crippen molar-refractivity contribution >= 4 is 61.3 Å². The van der Waals surface area contributed by atoms with E-state index in [-0.39, 0.29) is 18.6 Å². The molecule has 0 aromatic rings. The molecule has 0 bridgehead atoms. The Hall–Kier alpha value is -0.620. The summed E-state index contributed by atoms with van der Waals surface area (Å²) in [5, 5.41) is 0.